The molecule has 9 heterocycles. The van der Waals surface area contributed by atoms with Crippen molar-refractivity contribution in [2.75, 3.05) is 40.4 Å². The van der Waals surface area contributed by atoms with Crippen LogP contribution in [0.1, 0.15) is 81.3 Å². The first-order chi connectivity index (χ1) is 33.9. The minimum atomic E-state index is -0.353. The van der Waals surface area contributed by atoms with Gasteiger partial charge in [0.2, 0.25) is 11.8 Å². The van der Waals surface area contributed by atoms with Gasteiger partial charge in [-0.05, 0) is 120 Å². The number of hydrogen-bond donors (Lipinski definition) is 0. The minimum absolute atomic E-state index is 0.128. The van der Waals surface area contributed by atoms with Crippen LogP contribution < -0.4 is 18.9 Å². The molecule has 10 nitrogen and oxygen atoms in total. The lowest BCUT2D eigenvalue weighted by Gasteiger charge is -2.59. The lowest BCUT2D eigenvalue weighted by atomic mass is 9.70. The normalized spacial score (nSPS) is 26.1. The van der Waals surface area contributed by atoms with Crippen molar-refractivity contribution < 1.29 is 23.4 Å². The maximum absolute atomic E-state index is 7.45. The Morgan fingerprint density at radius 2 is 1.22 bits per heavy atom. The number of piperidine rings is 6. The zero-order valence-corrected chi connectivity index (χ0v) is 40.3. The van der Waals surface area contributed by atoms with Crippen LogP contribution in [0.3, 0.4) is 0 Å². The number of fused-ring (bicyclic) bond motifs is 10. The fourth-order valence-electron chi connectivity index (χ4n) is 13.6. The summed E-state index contributed by atoms with van der Waals surface area (Å²) >= 11 is 0. The van der Waals surface area contributed by atoms with Crippen molar-refractivity contribution >= 4 is 43.4 Å². The second kappa shape index (κ2) is 18.2. The Hall–Kier alpha value is -6.36. The van der Waals surface area contributed by atoms with Crippen molar-refractivity contribution in [1.29, 1.82) is 0 Å². The van der Waals surface area contributed by atoms with Gasteiger partial charge in [-0.2, -0.15) is 0 Å². The summed E-state index contributed by atoms with van der Waals surface area (Å²) in [5, 5.41) is 17.1. The molecule has 8 aromatic rings. The third-order valence-electron chi connectivity index (χ3n) is 17.2. The highest BCUT2D eigenvalue weighted by molar-refractivity contribution is 6.02. The number of hydrogen-bond acceptors (Lipinski definition) is 9. The largest absolute Gasteiger partial charge is 0.497 e. The predicted octanol–water partition coefficient (Wildman–Crippen LogP) is 12.1. The maximum Gasteiger partial charge on any atom is 0.234 e. The van der Waals surface area contributed by atoms with Crippen LogP contribution in [0.5, 0.6) is 23.3 Å². The number of pyridine rings is 2. The molecule has 5 aromatic carbocycles. The third kappa shape index (κ3) is 7.90. The van der Waals surface area contributed by atoms with Crippen LogP contribution in [0.4, 0.5) is 0 Å². The van der Waals surface area contributed by atoms with Gasteiger partial charge in [0.05, 0.1) is 44.4 Å². The molecular formula is C59H63N6O4+. The third-order valence-corrected chi connectivity index (χ3v) is 17.2. The molecule has 352 valence electrons. The van der Waals surface area contributed by atoms with Gasteiger partial charge in [0, 0.05) is 77.3 Å². The molecule has 6 aliphatic rings. The quantitative estimate of drug-likeness (QED) is 0.0781. The lowest BCUT2D eigenvalue weighted by molar-refractivity contribution is -0.985. The molecule has 6 fully saturated rings. The van der Waals surface area contributed by atoms with Crippen LogP contribution in [-0.4, -0.2) is 82.0 Å². The van der Waals surface area contributed by atoms with Gasteiger partial charge < -0.3 is 23.4 Å². The molecule has 10 atom stereocenters. The first kappa shape index (κ1) is 43.9. The van der Waals surface area contributed by atoms with Crippen LogP contribution in [0.15, 0.2) is 128 Å². The van der Waals surface area contributed by atoms with E-state index >= 15 is 0 Å². The van der Waals surface area contributed by atoms with Crippen molar-refractivity contribution in [3.63, 3.8) is 0 Å². The number of ether oxygens (including phenoxy) is 4. The van der Waals surface area contributed by atoms with E-state index < -0.39 is 0 Å². The van der Waals surface area contributed by atoms with Crippen molar-refractivity contribution in [3.05, 3.63) is 144 Å². The van der Waals surface area contributed by atoms with E-state index in [0.29, 0.717) is 35.4 Å². The Morgan fingerprint density at radius 1 is 0.623 bits per heavy atom. The summed E-state index contributed by atoms with van der Waals surface area (Å²) in [7, 11) is 3.44. The Morgan fingerprint density at radius 3 is 1.80 bits per heavy atom. The molecule has 0 saturated carbocycles. The van der Waals surface area contributed by atoms with E-state index in [2.05, 4.69) is 104 Å². The fourth-order valence-corrected chi connectivity index (χ4v) is 13.6. The average molecular weight is 920 g/mol. The summed E-state index contributed by atoms with van der Waals surface area (Å²) in [6.07, 6.45) is 10.1. The van der Waals surface area contributed by atoms with E-state index in [1.54, 1.807) is 14.2 Å². The fraction of sp³-hybridized carbons (Fsp3) is 0.390. The maximum atomic E-state index is 7.45. The molecular weight excluding hydrogens is 857 g/mol. The summed E-state index contributed by atoms with van der Waals surface area (Å²) in [6, 6.07) is 41.1. The number of quaternary nitrogens is 1. The van der Waals surface area contributed by atoms with Crippen LogP contribution >= 0.6 is 0 Å². The summed E-state index contributed by atoms with van der Waals surface area (Å²) in [4.78, 5) is 12.3. The van der Waals surface area contributed by atoms with Gasteiger partial charge in [0.15, 0.2) is 6.10 Å². The van der Waals surface area contributed by atoms with Gasteiger partial charge >= 0.3 is 0 Å². The van der Waals surface area contributed by atoms with E-state index in [4.69, 9.17) is 39.1 Å². The highest BCUT2D eigenvalue weighted by atomic mass is 16.5. The zero-order chi connectivity index (χ0) is 46.6. The molecule has 6 saturated heterocycles. The smallest absolute Gasteiger partial charge is 0.234 e. The molecule has 0 radical (unpaired) electrons. The van der Waals surface area contributed by atoms with Crippen molar-refractivity contribution in [2.24, 2.45) is 23.7 Å². The highest BCUT2D eigenvalue weighted by Gasteiger charge is 2.56. The first-order valence-electron chi connectivity index (χ1n) is 25.4. The van der Waals surface area contributed by atoms with Crippen LogP contribution in [-0.2, 0) is 6.54 Å². The van der Waals surface area contributed by atoms with Crippen LogP contribution in [0.2, 0.25) is 0 Å². The van der Waals surface area contributed by atoms with E-state index in [1.165, 1.54) is 52.8 Å². The molecule has 0 spiro atoms. The minimum Gasteiger partial charge on any atom is -0.497 e. The standard InChI is InChI=1S/C59H63N6O4/c1-5-37-34-64-27-23-39(37)30-54(64)58(47-21-25-60-52-17-15-43(66-3)32-49(47)52)68-56-19-20-57(63-62-56)69-59(48-22-26-61-53-18-16-44(67-4)33-50(48)53)55-31-40-24-28-65(55,35-38(40)6-2)36-51-45-13-9-7-11-41(45)29-42-12-8-10-14-46(42)51/h7-22,25-26,29,32-33,37-40,54-55,58-59H,5-6,23-24,27-28,30-31,34-36H2,1-4H3/q+1/t37-,38-,39-,40-,54?,55+,58-,59-,65+/m0/s1. The monoisotopic (exact) mass is 919 g/mol. The molecule has 10 heteroatoms. The van der Waals surface area contributed by atoms with Gasteiger partial charge in [-0.1, -0.05) is 68.8 Å². The molecule has 2 unspecified atom stereocenters. The SMILES string of the molecule is CC[C@H]1CN2CC[C@H]1CC2[C@@H](Oc1ccc(O[C@@H](c2ccnc3ccc(OC)cc23)[C@H]2C[C@@H]3CC[N@+]2(Cc2c4ccccc4cc4ccccc24)C[C@@H]3CC)nn1)c1ccnc2ccc(OC)cc12. The number of methoxy groups -OCH3 is 2. The molecule has 3 aromatic heterocycles. The summed E-state index contributed by atoms with van der Waals surface area (Å²) < 4.78 is 27.1. The highest BCUT2D eigenvalue weighted by Crippen LogP contribution is 2.51. The van der Waals surface area contributed by atoms with Gasteiger partial charge in [0.25, 0.3) is 0 Å². The lowest BCUT2D eigenvalue weighted by Crippen LogP contribution is -2.68. The molecule has 4 bridgehead atoms. The number of aromatic nitrogens is 4. The van der Waals surface area contributed by atoms with Crippen molar-refractivity contribution in [3.8, 4) is 23.3 Å². The van der Waals surface area contributed by atoms with Crippen molar-refractivity contribution in [2.45, 2.75) is 83.2 Å². The van der Waals surface area contributed by atoms with Gasteiger partial charge in [-0.3, -0.25) is 14.9 Å². The number of nitrogens with zero attached hydrogens (tertiary/aromatic N) is 6. The van der Waals surface area contributed by atoms with Gasteiger partial charge in [0.1, 0.15) is 30.2 Å². The van der Waals surface area contributed by atoms with E-state index in [9.17, 15) is 0 Å². The van der Waals surface area contributed by atoms with E-state index in [0.717, 1.165) is 94.5 Å². The van der Waals surface area contributed by atoms with E-state index in [1.807, 2.05) is 42.7 Å². The molecule has 0 amide bonds. The second-order valence-electron chi connectivity index (χ2n) is 20.5. The zero-order valence-electron chi connectivity index (χ0n) is 40.3. The number of benzene rings is 5. The van der Waals surface area contributed by atoms with Crippen molar-refractivity contribution in [1.82, 2.24) is 25.1 Å². The average Bonchev–Trinajstić information content (AvgIpc) is 3.41. The van der Waals surface area contributed by atoms with Crippen LogP contribution in [0, 0.1) is 23.7 Å². The van der Waals surface area contributed by atoms with Crippen LogP contribution in [0.25, 0.3) is 43.4 Å². The van der Waals surface area contributed by atoms with Gasteiger partial charge in [-0.25, -0.2) is 0 Å². The Kier molecular flexibility index (Phi) is 11.6. The molecule has 14 rings (SSSR count). The summed E-state index contributed by atoms with van der Waals surface area (Å²) in [5.74, 6) is 5.17. The molecule has 0 aliphatic carbocycles. The first-order valence-corrected chi connectivity index (χ1v) is 25.4. The Balaban J connectivity index is 0.941. The summed E-state index contributed by atoms with van der Waals surface area (Å²) in [6.45, 7) is 9.98. The molecule has 0 N–H and O–H groups in total. The predicted molar refractivity (Wildman–Crippen MR) is 273 cm³/mol. The Bertz CT molecular complexity index is 3110. The Labute approximate surface area is 405 Å². The molecule has 69 heavy (non-hydrogen) atoms. The van der Waals surface area contributed by atoms with E-state index in [-0.39, 0.29) is 24.3 Å². The van der Waals surface area contributed by atoms with Gasteiger partial charge in [-0.15, -0.1) is 10.2 Å². The second-order valence-corrected chi connectivity index (χ2v) is 20.5. The number of rotatable bonds is 14. The molecule has 6 aliphatic heterocycles. The summed E-state index contributed by atoms with van der Waals surface area (Å²) in [5.41, 5.74) is 5.44. The topological polar surface area (TPSA) is 91.7 Å².